The van der Waals surface area contributed by atoms with E-state index in [9.17, 15) is 9.59 Å². The molecule has 3 saturated heterocycles. The zero-order chi connectivity index (χ0) is 20.7. The van der Waals surface area contributed by atoms with Gasteiger partial charge in [0.2, 0.25) is 5.91 Å². The summed E-state index contributed by atoms with van der Waals surface area (Å²) < 4.78 is 17.1. The van der Waals surface area contributed by atoms with Gasteiger partial charge >= 0.3 is 0 Å². The molecule has 3 heterocycles. The van der Waals surface area contributed by atoms with Crippen LogP contribution in [0.15, 0.2) is 54.6 Å². The summed E-state index contributed by atoms with van der Waals surface area (Å²) in [4.78, 5) is 29.5. The average Bonchev–Trinajstić information content (AvgIpc) is 3.41. The topological polar surface area (TPSA) is 68.3 Å². The number of carbonyl (C=O) groups excluding carboxylic acids is 2. The van der Waals surface area contributed by atoms with Crippen molar-refractivity contribution in [3.63, 3.8) is 0 Å². The Morgan fingerprint density at radius 2 is 1.97 bits per heavy atom. The minimum atomic E-state index is -0.719. The lowest BCUT2D eigenvalue weighted by atomic mass is 10.0. The van der Waals surface area contributed by atoms with Gasteiger partial charge in [-0.15, -0.1) is 0 Å². The molecule has 0 saturated carbocycles. The molecule has 2 aromatic rings. The van der Waals surface area contributed by atoms with Crippen LogP contribution in [0, 0.1) is 0 Å². The molecule has 0 N–H and O–H groups in total. The van der Waals surface area contributed by atoms with Gasteiger partial charge in [-0.25, -0.2) is 0 Å². The molecule has 0 aromatic heterocycles. The Morgan fingerprint density at radius 1 is 1.17 bits per heavy atom. The summed E-state index contributed by atoms with van der Waals surface area (Å²) in [6, 6.07) is 16.7. The van der Waals surface area contributed by atoms with Crippen molar-refractivity contribution in [1.82, 2.24) is 9.80 Å². The van der Waals surface area contributed by atoms with Gasteiger partial charge in [0.15, 0.2) is 12.3 Å². The predicted molar refractivity (Wildman–Crippen MR) is 108 cm³/mol. The molecular formula is C23H24N2O5. The van der Waals surface area contributed by atoms with E-state index in [4.69, 9.17) is 14.2 Å². The van der Waals surface area contributed by atoms with Crippen molar-refractivity contribution in [3.05, 3.63) is 60.2 Å². The molecule has 3 aliphatic rings. The summed E-state index contributed by atoms with van der Waals surface area (Å²) >= 11 is 0. The van der Waals surface area contributed by atoms with Crippen LogP contribution < -0.4 is 9.47 Å². The van der Waals surface area contributed by atoms with E-state index in [1.54, 1.807) is 24.1 Å². The summed E-state index contributed by atoms with van der Waals surface area (Å²) in [5.41, 5.74) is 0.345. The van der Waals surface area contributed by atoms with Crippen LogP contribution in [-0.2, 0) is 14.3 Å². The van der Waals surface area contributed by atoms with Crippen LogP contribution in [0.5, 0.6) is 11.5 Å². The van der Waals surface area contributed by atoms with Crippen molar-refractivity contribution in [3.8, 4) is 11.5 Å². The molecule has 5 rings (SSSR count). The first kappa shape index (κ1) is 18.9. The van der Waals surface area contributed by atoms with Gasteiger partial charge in [-0.2, -0.15) is 0 Å². The Bertz CT molecular complexity index is 965. The molecule has 30 heavy (non-hydrogen) atoms. The Balaban J connectivity index is 1.31. The summed E-state index contributed by atoms with van der Waals surface area (Å²) in [7, 11) is 1.58. The van der Waals surface area contributed by atoms with Gasteiger partial charge in [-0.3, -0.25) is 9.59 Å². The summed E-state index contributed by atoms with van der Waals surface area (Å²) in [5.74, 6) is 1.14. The van der Waals surface area contributed by atoms with E-state index in [2.05, 4.69) is 0 Å². The molecule has 2 amide bonds. The fourth-order valence-corrected chi connectivity index (χ4v) is 4.98. The molecule has 7 nitrogen and oxygen atoms in total. The van der Waals surface area contributed by atoms with Crippen molar-refractivity contribution in [2.45, 2.75) is 30.7 Å². The highest BCUT2D eigenvalue weighted by molar-refractivity contribution is 5.85. The van der Waals surface area contributed by atoms with E-state index in [1.807, 2.05) is 47.4 Å². The Kier molecular flexibility index (Phi) is 4.62. The van der Waals surface area contributed by atoms with Crippen molar-refractivity contribution < 1.29 is 23.8 Å². The zero-order valence-corrected chi connectivity index (χ0v) is 16.8. The number of hydrogen-bond donors (Lipinski definition) is 0. The van der Waals surface area contributed by atoms with E-state index in [0.29, 0.717) is 31.1 Å². The number of hydrogen-bond acceptors (Lipinski definition) is 5. The third kappa shape index (κ3) is 2.92. The van der Waals surface area contributed by atoms with Crippen molar-refractivity contribution in [2.75, 3.05) is 26.9 Å². The SMILES string of the molecule is COc1cccc(OCC(=O)N2CC[C@@]34OC[C@@H](c5ccccc5)N3C(=O)C[C@@H]24)c1. The van der Waals surface area contributed by atoms with E-state index in [-0.39, 0.29) is 36.9 Å². The van der Waals surface area contributed by atoms with Gasteiger partial charge in [0.1, 0.15) is 11.5 Å². The molecule has 0 radical (unpaired) electrons. The molecule has 0 bridgehead atoms. The zero-order valence-electron chi connectivity index (χ0n) is 16.8. The predicted octanol–water partition coefficient (Wildman–Crippen LogP) is 2.38. The Hall–Kier alpha value is -3.06. The fraction of sp³-hybridized carbons (Fsp3) is 0.391. The van der Waals surface area contributed by atoms with Gasteiger partial charge < -0.3 is 24.0 Å². The van der Waals surface area contributed by atoms with Crippen LogP contribution >= 0.6 is 0 Å². The summed E-state index contributed by atoms with van der Waals surface area (Å²) in [5, 5.41) is 0. The van der Waals surface area contributed by atoms with Gasteiger partial charge in [-0.1, -0.05) is 36.4 Å². The largest absolute Gasteiger partial charge is 0.497 e. The van der Waals surface area contributed by atoms with Crippen LogP contribution in [0.3, 0.4) is 0 Å². The second-order valence-electron chi connectivity index (χ2n) is 7.87. The number of methoxy groups -OCH3 is 1. The van der Waals surface area contributed by atoms with Crippen molar-refractivity contribution in [2.24, 2.45) is 0 Å². The van der Waals surface area contributed by atoms with Crippen LogP contribution in [0.2, 0.25) is 0 Å². The summed E-state index contributed by atoms with van der Waals surface area (Å²) in [6.07, 6.45) is 0.909. The molecule has 0 unspecified atom stereocenters. The monoisotopic (exact) mass is 408 g/mol. The van der Waals surface area contributed by atoms with Crippen LogP contribution in [0.25, 0.3) is 0 Å². The quantitative estimate of drug-likeness (QED) is 0.760. The smallest absolute Gasteiger partial charge is 0.260 e. The third-order valence-electron chi connectivity index (χ3n) is 6.36. The second kappa shape index (κ2) is 7.32. The van der Waals surface area contributed by atoms with Gasteiger partial charge in [0.05, 0.1) is 32.2 Å². The van der Waals surface area contributed by atoms with Crippen LogP contribution in [0.4, 0.5) is 0 Å². The first-order valence-corrected chi connectivity index (χ1v) is 10.2. The minimum absolute atomic E-state index is 0.0394. The lowest BCUT2D eigenvalue weighted by Gasteiger charge is -2.33. The molecule has 3 aliphatic heterocycles. The number of likely N-dealkylation sites (tertiary alicyclic amines) is 1. The first-order valence-electron chi connectivity index (χ1n) is 10.2. The maximum absolute atomic E-state index is 12.9. The molecule has 1 spiro atoms. The van der Waals surface area contributed by atoms with E-state index >= 15 is 0 Å². The van der Waals surface area contributed by atoms with E-state index < -0.39 is 5.72 Å². The number of amides is 2. The minimum Gasteiger partial charge on any atom is -0.497 e. The first-order chi connectivity index (χ1) is 14.6. The highest BCUT2D eigenvalue weighted by atomic mass is 16.5. The number of nitrogens with zero attached hydrogens (tertiary/aromatic N) is 2. The summed E-state index contributed by atoms with van der Waals surface area (Å²) in [6.45, 7) is 0.918. The van der Waals surface area contributed by atoms with Gasteiger partial charge in [0.25, 0.3) is 5.91 Å². The van der Waals surface area contributed by atoms with Crippen LogP contribution in [0.1, 0.15) is 24.4 Å². The normalized spacial score (nSPS) is 27.2. The van der Waals surface area contributed by atoms with E-state index in [1.165, 1.54) is 0 Å². The number of rotatable bonds is 5. The molecule has 3 fully saturated rings. The molecule has 0 aliphatic carbocycles. The number of ether oxygens (including phenoxy) is 3. The van der Waals surface area contributed by atoms with Crippen LogP contribution in [-0.4, -0.2) is 60.2 Å². The van der Waals surface area contributed by atoms with Gasteiger partial charge in [0, 0.05) is 19.0 Å². The molecule has 7 heteroatoms. The lowest BCUT2D eigenvalue weighted by Crippen LogP contribution is -2.49. The number of benzene rings is 2. The molecule has 3 atom stereocenters. The molecule has 2 aromatic carbocycles. The highest BCUT2D eigenvalue weighted by Crippen LogP contribution is 2.51. The highest BCUT2D eigenvalue weighted by Gasteiger charge is 2.65. The van der Waals surface area contributed by atoms with Gasteiger partial charge in [-0.05, 0) is 17.7 Å². The molecular weight excluding hydrogens is 384 g/mol. The van der Waals surface area contributed by atoms with E-state index in [0.717, 1.165) is 5.56 Å². The number of carbonyl (C=O) groups is 2. The fourth-order valence-electron chi connectivity index (χ4n) is 4.98. The lowest BCUT2D eigenvalue weighted by molar-refractivity contribution is -0.142. The molecule has 156 valence electrons. The van der Waals surface area contributed by atoms with Crippen molar-refractivity contribution >= 4 is 11.8 Å². The Morgan fingerprint density at radius 3 is 2.77 bits per heavy atom. The second-order valence-corrected chi connectivity index (χ2v) is 7.87. The maximum Gasteiger partial charge on any atom is 0.260 e. The third-order valence-corrected chi connectivity index (χ3v) is 6.36. The average molecular weight is 408 g/mol. The Labute approximate surface area is 175 Å². The van der Waals surface area contributed by atoms with Crippen molar-refractivity contribution in [1.29, 1.82) is 0 Å². The standard InChI is InChI=1S/C23H24N2O5/c1-28-17-8-5-9-18(12-17)29-15-22(27)24-11-10-23-20(24)13-21(26)25(23)19(14-30-23)16-6-3-2-4-7-16/h2-9,12,19-20H,10-11,13-15H2,1H3/t19-,20+,23-/m0/s1. The maximum atomic E-state index is 12.9.